The number of amides is 2. The monoisotopic (exact) mass is 388 g/mol. The van der Waals surface area contributed by atoms with Crippen LogP contribution in [0.4, 0.5) is 5.69 Å². The number of nitro groups is 1. The van der Waals surface area contributed by atoms with Crippen LogP contribution in [0.3, 0.4) is 0 Å². The average molecular weight is 389 g/mol. The highest BCUT2D eigenvalue weighted by Gasteiger charge is 2.34. The Balaban J connectivity index is 1.54. The van der Waals surface area contributed by atoms with Crippen LogP contribution in [-0.2, 0) is 4.74 Å². The maximum Gasteiger partial charge on any atom is 0.339 e. The minimum absolute atomic E-state index is 0.00278. The Labute approximate surface area is 158 Å². The van der Waals surface area contributed by atoms with Crippen molar-refractivity contribution in [1.29, 1.82) is 0 Å². The Morgan fingerprint density at radius 1 is 1.11 bits per heavy atom. The molecular formula is C18H13ClN2O6. The van der Waals surface area contributed by atoms with E-state index < -0.39 is 10.9 Å². The zero-order valence-electron chi connectivity index (χ0n) is 13.9. The van der Waals surface area contributed by atoms with Gasteiger partial charge in [-0.2, -0.15) is 0 Å². The zero-order chi connectivity index (χ0) is 19.6. The maximum absolute atomic E-state index is 12.2. The number of hydrogen-bond acceptors (Lipinski definition) is 6. The van der Waals surface area contributed by atoms with Crippen LogP contribution in [0.25, 0.3) is 0 Å². The number of carbonyl (C=O) groups is 3. The van der Waals surface area contributed by atoms with E-state index in [0.29, 0.717) is 11.1 Å². The quantitative estimate of drug-likeness (QED) is 0.247. The first-order chi connectivity index (χ1) is 12.9. The number of esters is 1. The van der Waals surface area contributed by atoms with Crippen molar-refractivity contribution in [3.8, 4) is 0 Å². The van der Waals surface area contributed by atoms with Crippen LogP contribution >= 0.6 is 11.6 Å². The second kappa shape index (κ2) is 7.55. The third kappa shape index (κ3) is 3.65. The minimum Gasteiger partial charge on any atom is -0.462 e. The molecule has 1 heterocycles. The van der Waals surface area contributed by atoms with Gasteiger partial charge in [0.15, 0.2) is 0 Å². The normalized spacial score (nSPS) is 12.9. The van der Waals surface area contributed by atoms with E-state index in [-0.39, 0.29) is 47.7 Å². The Kier molecular flexibility index (Phi) is 5.18. The molecule has 0 saturated carbocycles. The Morgan fingerprint density at radius 3 is 2.30 bits per heavy atom. The van der Waals surface area contributed by atoms with Gasteiger partial charge in [-0.05, 0) is 24.6 Å². The van der Waals surface area contributed by atoms with Gasteiger partial charge in [-0.3, -0.25) is 24.6 Å². The number of non-ortho nitro benzene ring substituents is 1. The van der Waals surface area contributed by atoms with Crippen LogP contribution in [-0.4, -0.2) is 40.8 Å². The van der Waals surface area contributed by atoms with Crippen molar-refractivity contribution in [3.05, 3.63) is 74.3 Å². The van der Waals surface area contributed by atoms with Gasteiger partial charge in [-0.25, -0.2) is 4.79 Å². The number of imide groups is 1. The predicted molar refractivity (Wildman–Crippen MR) is 94.8 cm³/mol. The second-order valence-corrected chi connectivity index (χ2v) is 6.13. The first-order valence-corrected chi connectivity index (χ1v) is 8.34. The average Bonchev–Trinajstić information content (AvgIpc) is 2.89. The Bertz CT molecular complexity index is 924. The molecule has 138 valence electrons. The van der Waals surface area contributed by atoms with Crippen LogP contribution in [0.2, 0.25) is 5.02 Å². The molecule has 0 saturated heterocycles. The van der Waals surface area contributed by atoms with E-state index in [1.54, 1.807) is 24.3 Å². The molecule has 0 unspecified atom stereocenters. The Hall–Kier alpha value is -3.26. The number of halogens is 1. The summed E-state index contributed by atoms with van der Waals surface area (Å²) in [6, 6.07) is 9.98. The molecule has 0 aromatic heterocycles. The van der Waals surface area contributed by atoms with Gasteiger partial charge >= 0.3 is 5.97 Å². The van der Waals surface area contributed by atoms with Gasteiger partial charge in [-0.1, -0.05) is 23.7 Å². The molecule has 2 amide bonds. The van der Waals surface area contributed by atoms with Crippen molar-refractivity contribution in [3.63, 3.8) is 0 Å². The van der Waals surface area contributed by atoms with Gasteiger partial charge in [0.25, 0.3) is 17.5 Å². The third-order valence-electron chi connectivity index (χ3n) is 4.02. The number of nitrogens with zero attached hydrogens (tertiary/aromatic N) is 2. The summed E-state index contributed by atoms with van der Waals surface area (Å²) in [5.41, 5.74) is 0.486. The second-order valence-electron chi connectivity index (χ2n) is 5.72. The van der Waals surface area contributed by atoms with E-state index >= 15 is 0 Å². The maximum atomic E-state index is 12.2. The fraction of sp³-hybridized carbons (Fsp3) is 0.167. The predicted octanol–water partition coefficient (Wildman–Crippen LogP) is 3.09. The van der Waals surface area contributed by atoms with Crippen LogP contribution in [0.5, 0.6) is 0 Å². The topological polar surface area (TPSA) is 107 Å². The van der Waals surface area contributed by atoms with Crippen LogP contribution in [0.15, 0.2) is 42.5 Å². The van der Waals surface area contributed by atoms with Crippen molar-refractivity contribution in [2.45, 2.75) is 6.42 Å². The van der Waals surface area contributed by atoms with Gasteiger partial charge in [-0.15, -0.1) is 0 Å². The smallest absolute Gasteiger partial charge is 0.339 e. The Morgan fingerprint density at radius 2 is 1.74 bits per heavy atom. The molecular weight excluding hydrogens is 376 g/mol. The standard InChI is InChI=1S/C18H13ClN2O6/c19-15-10-11(21(25)26)6-7-14(15)18(24)27-9-3-8-20-16(22)12-4-1-2-5-13(12)17(20)23/h1-2,4-7,10H,3,8-9H2. The van der Waals surface area contributed by atoms with E-state index in [4.69, 9.17) is 16.3 Å². The van der Waals surface area contributed by atoms with Crippen molar-refractivity contribution in [2.75, 3.05) is 13.2 Å². The number of fused-ring (bicyclic) bond motifs is 1. The molecule has 0 atom stereocenters. The molecule has 2 aromatic carbocycles. The third-order valence-corrected chi connectivity index (χ3v) is 4.33. The van der Waals surface area contributed by atoms with Gasteiger partial charge in [0.05, 0.1) is 33.2 Å². The first-order valence-electron chi connectivity index (χ1n) is 7.96. The molecule has 3 rings (SSSR count). The lowest BCUT2D eigenvalue weighted by atomic mass is 10.1. The highest BCUT2D eigenvalue weighted by Crippen LogP contribution is 2.24. The fourth-order valence-electron chi connectivity index (χ4n) is 2.69. The van der Waals surface area contributed by atoms with Crippen molar-refractivity contribution in [2.24, 2.45) is 0 Å². The molecule has 1 aliphatic heterocycles. The molecule has 1 aliphatic rings. The highest BCUT2D eigenvalue weighted by atomic mass is 35.5. The number of ether oxygens (including phenoxy) is 1. The number of carbonyl (C=O) groups excluding carboxylic acids is 3. The summed E-state index contributed by atoms with van der Waals surface area (Å²) < 4.78 is 5.07. The summed E-state index contributed by atoms with van der Waals surface area (Å²) >= 11 is 5.87. The minimum atomic E-state index is -0.739. The zero-order valence-corrected chi connectivity index (χ0v) is 14.6. The summed E-state index contributed by atoms with van der Waals surface area (Å²) in [6.07, 6.45) is 0.252. The van der Waals surface area contributed by atoms with E-state index in [0.717, 1.165) is 17.0 Å². The lowest BCUT2D eigenvalue weighted by Gasteiger charge is -2.13. The van der Waals surface area contributed by atoms with Gasteiger partial charge in [0.1, 0.15) is 0 Å². The van der Waals surface area contributed by atoms with Crippen molar-refractivity contribution in [1.82, 2.24) is 4.90 Å². The molecule has 9 heteroatoms. The molecule has 8 nitrogen and oxygen atoms in total. The van der Waals surface area contributed by atoms with Gasteiger partial charge in [0, 0.05) is 18.7 Å². The summed E-state index contributed by atoms with van der Waals surface area (Å²) in [4.78, 5) is 47.6. The lowest BCUT2D eigenvalue weighted by Crippen LogP contribution is -2.31. The SMILES string of the molecule is O=C(OCCCN1C(=O)c2ccccc2C1=O)c1ccc([N+](=O)[O-])cc1Cl. The van der Waals surface area contributed by atoms with Crippen LogP contribution in [0, 0.1) is 10.1 Å². The van der Waals surface area contributed by atoms with Crippen molar-refractivity contribution >= 4 is 35.1 Å². The lowest BCUT2D eigenvalue weighted by molar-refractivity contribution is -0.384. The summed E-state index contributed by atoms with van der Waals surface area (Å²) in [5, 5.41) is 10.6. The number of hydrogen-bond donors (Lipinski definition) is 0. The molecule has 0 N–H and O–H groups in total. The number of rotatable bonds is 6. The molecule has 0 spiro atoms. The highest BCUT2D eigenvalue weighted by molar-refractivity contribution is 6.33. The van der Waals surface area contributed by atoms with E-state index in [1.165, 1.54) is 6.07 Å². The number of nitro benzene ring substituents is 1. The van der Waals surface area contributed by atoms with Crippen LogP contribution in [0.1, 0.15) is 37.5 Å². The summed E-state index contributed by atoms with van der Waals surface area (Å²) in [5.74, 6) is -1.49. The van der Waals surface area contributed by atoms with E-state index in [9.17, 15) is 24.5 Å². The molecule has 0 bridgehead atoms. The van der Waals surface area contributed by atoms with E-state index in [1.807, 2.05) is 0 Å². The van der Waals surface area contributed by atoms with Gasteiger partial charge < -0.3 is 4.74 Å². The molecule has 27 heavy (non-hydrogen) atoms. The molecule has 2 aromatic rings. The largest absolute Gasteiger partial charge is 0.462 e. The molecule has 0 fully saturated rings. The van der Waals surface area contributed by atoms with Gasteiger partial charge in [0.2, 0.25) is 0 Å². The number of benzene rings is 2. The first kappa shape index (κ1) is 18.5. The molecule has 0 aliphatic carbocycles. The fourth-order valence-corrected chi connectivity index (χ4v) is 2.94. The van der Waals surface area contributed by atoms with E-state index in [2.05, 4.69) is 0 Å². The summed E-state index contributed by atoms with van der Waals surface area (Å²) in [6.45, 7) is 0.0627. The summed E-state index contributed by atoms with van der Waals surface area (Å²) in [7, 11) is 0. The molecule has 0 radical (unpaired) electrons. The van der Waals surface area contributed by atoms with Crippen LogP contribution < -0.4 is 0 Å². The van der Waals surface area contributed by atoms with Crippen molar-refractivity contribution < 1.29 is 24.0 Å².